The zero-order valence-electron chi connectivity index (χ0n) is 15.1. The van der Waals surface area contributed by atoms with E-state index in [0.717, 1.165) is 0 Å². The van der Waals surface area contributed by atoms with Crippen molar-refractivity contribution in [3.63, 3.8) is 0 Å². The van der Waals surface area contributed by atoms with Gasteiger partial charge in [0.05, 0.1) is 4.90 Å². The van der Waals surface area contributed by atoms with Gasteiger partial charge in [0.2, 0.25) is 15.9 Å². The molecule has 0 aliphatic carbocycles. The molecule has 0 bridgehead atoms. The molecule has 2 aromatic carbocycles. The van der Waals surface area contributed by atoms with E-state index in [1.807, 2.05) is 25.1 Å². The Bertz CT molecular complexity index is 1100. The first-order valence-electron chi connectivity index (χ1n) is 8.53. The molecule has 0 radical (unpaired) electrons. The molecule has 1 amide bonds. The number of aryl methyl sites for hydroxylation is 1. The van der Waals surface area contributed by atoms with Gasteiger partial charge in [-0.3, -0.25) is 4.79 Å². The molecule has 1 heterocycles. The van der Waals surface area contributed by atoms with Gasteiger partial charge >= 0.3 is 0 Å². The molecule has 0 spiro atoms. The summed E-state index contributed by atoms with van der Waals surface area (Å²) in [4.78, 5) is 16.8. The summed E-state index contributed by atoms with van der Waals surface area (Å²) in [6.07, 6.45) is 2.02. The highest BCUT2D eigenvalue weighted by Gasteiger charge is 2.17. The summed E-state index contributed by atoms with van der Waals surface area (Å²) in [6, 6.07) is 16.7. The van der Waals surface area contributed by atoms with E-state index in [2.05, 4.69) is 10.3 Å². The third-order valence-electron chi connectivity index (χ3n) is 3.99. The van der Waals surface area contributed by atoms with E-state index >= 15 is 0 Å². The molecule has 3 rings (SSSR count). The number of carbonyl (C=O) groups is 1. The summed E-state index contributed by atoms with van der Waals surface area (Å²) < 4.78 is 29.3. The first-order valence-corrected chi connectivity index (χ1v) is 10.1. The number of sulfonamides is 1. The molecular weight excluding hydrogens is 378 g/mol. The average Bonchev–Trinajstić information content (AvgIpc) is 2.68. The summed E-state index contributed by atoms with van der Waals surface area (Å²) >= 11 is 0. The molecule has 7 nitrogen and oxygen atoms in total. The number of nitrogens with two attached hydrogens (primary N) is 1. The van der Waals surface area contributed by atoms with Gasteiger partial charge in [0, 0.05) is 11.9 Å². The van der Waals surface area contributed by atoms with Crippen LogP contribution in [-0.2, 0) is 16.4 Å². The lowest BCUT2D eigenvalue weighted by Crippen LogP contribution is -2.17. The highest BCUT2D eigenvalue weighted by Crippen LogP contribution is 2.25. The third kappa shape index (κ3) is 4.54. The quantitative estimate of drug-likeness (QED) is 0.663. The highest BCUT2D eigenvalue weighted by atomic mass is 32.2. The number of amides is 1. The van der Waals surface area contributed by atoms with Gasteiger partial charge in [0.25, 0.3) is 5.91 Å². The second-order valence-corrected chi connectivity index (χ2v) is 7.48. The van der Waals surface area contributed by atoms with Gasteiger partial charge in [-0.25, -0.2) is 18.5 Å². The normalized spacial score (nSPS) is 11.1. The number of rotatable bonds is 6. The predicted octanol–water partition coefficient (Wildman–Crippen LogP) is 3.34. The Labute approximate surface area is 163 Å². The number of benzene rings is 2. The SMILES string of the molecule is CCc1ccc(NC(=O)c2cccnc2Oc2ccccc2)cc1S(N)(=O)=O. The van der Waals surface area contributed by atoms with Gasteiger partial charge in [-0.15, -0.1) is 0 Å². The van der Waals surface area contributed by atoms with Crippen molar-refractivity contribution in [2.75, 3.05) is 5.32 Å². The van der Waals surface area contributed by atoms with Gasteiger partial charge in [0.15, 0.2) is 0 Å². The Hall–Kier alpha value is -3.23. The molecule has 0 unspecified atom stereocenters. The Kier molecular flexibility index (Phi) is 5.72. The Morgan fingerprint density at radius 1 is 1.11 bits per heavy atom. The van der Waals surface area contributed by atoms with Crippen LogP contribution in [0.15, 0.2) is 71.8 Å². The summed E-state index contributed by atoms with van der Waals surface area (Å²) in [6.45, 7) is 1.82. The van der Waals surface area contributed by atoms with Gasteiger partial charge in [-0.2, -0.15) is 0 Å². The molecule has 0 fully saturated rings. The molecule has 3 N–H and O–H groups in total. The molecule has 0 atom stereocenters. The predicted molar refractivity (Wildman–Crippen MR) is 106 cm³/mol. The van der Waals surface area contributed by atoms with Crippen LogP contribution < -0.4 is 15.2 Å². The van der Waals surface area contributed by atoms with Crippen molar-refractivity contribution in [2.24, 2.45) is 5.14 Å². The van der Waals surface area contributed by atoms with Gasteiger partial charge in [0.1, 0.15) is 11.3 Å². The zero-order valence-corrected chi connectivity index (χ0v) is 15.9. The van der Waals surface area contributed by atoms with Crippen LogP contribution >= 0.6 is 0 Å². The fourth-order valence-electron chi connectivity index (χ4n) is 2.63. The lowest BCUT2D eigenvalue weighted by Gasteiger charge is -2.12. The molecule has 3 aromatic rings. The number of anilines is 1. The number of nitrogens with one attached hydrogen (secondary N) is 1. The molecule has 0 aliphatic rings. The number of pyridine rings is 1. The summed E-state index contributed by atoms with van der Waals surface area (Å²) in [5.74, 6) is 0.200. The number of aromatic nitrogens is 1. The number of ether oxygens (including phenoxy) is 1. The van der Waals surface area contributed by atoms with Crippen molar-refractivity contribution in [3.05, 3.63) is 78.0 Å². The largest absolute Gasteiger partial charge is 0.438 e. The number of primary sulfonamides is 1. The Balaban J connectivity index is 1.88. The van der Waals surface area contributed by atoms with E-state index in [4.69, 9.17) is 9.88 Å². The minimum Gasteiger partial charge on any atom is -0.438 e. The van der Waals surface area contributed by atoms with E-state index in [0.29, 0.717) is 23.4 Å². The highest BCUT2D eigenvalue weighted by molar-refractivity contribution is 7.89. The zero-order chi connectivity index (χ0) is 20.1. The molecule has 0 saturated carbocycles. The number of nitrogens with zero attached hydrogens (tertiary/aromatic N) is 1. The van der Waals surface area contributed by atoms with Crippen LogP contribution in [0.5, 0.6) is 11.6 Å². The lowest BCUT2D eigenvalue weighted by molar-refractivity contribution is 0.102. The fraction of sp³-hybridized carbons (Fsp3) is 0.100. The maximum absolute atomic E-state index is 12.7. The lowest BCUT2D eigenvalue weighted by atomic mass is 10.1. The van der Waals surface area contributed by atoms with E-state index < -0.39 is 15.9 Å². The maximum atomic E-state index is 12.7. The molecule has 0 aliphatic heterocycles. The maximum Gasteiger partial charge on any atom is 0.261 e. The first kappa shape index (κ1) is 19.5. The van der Waals surface area contributed by atoms with Crippen molar-refractivity contribution >= 4 is 21.6 Å². The van der Waals surface area contributed by atoms with Gasteiger partial charge in [-0.05, 0) is 48.4 Å². The van der Waals surface area contributed by atoms with Crippen molar-refractivity contribution < 1.29 is 17.9 Å². The molecule has 0 saturated heterocycles. The number of hydrogen-bond acceptors (Lipinski definition) is 5. The summed E-state index contributed by atoms with van der Waals surface area (Å²) in [5.41, 5.74) is 1.10. The van der Waals surface area contributed by atoms with E-state index in [9.17, 15) is 13.2 Å². The monoisotopic (exact) mass is 397 g/mol. The van der Waals surface area contributed by atoms with E-state index in [-0.39, 0.29) is 16.3 Å². The Morgan fingerprint density at radius 3 is 2.54 bits per heavy atom. The van der Waals surface area contributed by atoms with Crippen molar-refractivity contribution in [3.8, 4) is 11.6 Å². The van der Waals surface area contributed by atoms with Crippen molar-refractivity contribution in [1.82, 2.24) is 4.98 Å². The summed E-state index contributed by atoms with van der Waals surface area (Å²) in [5, 5.41) is 7.95. The molecule has 28 heavy (non-hydrogen) atoms. The second kappa shape index (κ2) is 8.20. The van der Waals surface area contributed by atoms with Crippen LogP contribution in [0, 0.1) is 0 Å². The van der Waals surface area contributed by atoms with E-state index in [1.54, 1.807) is 36.4 Å². The van der Waals surface area contributed by atoms with Crippen LogP contribution in [0.1, 0.15) is 22.8 Å². The number of carbonyl (C=O) groups excluding carboxylic acids is 1. The topological polar surface area (TPSA) is 111 Å². The van der Waals surface area contributed by atoms with Gasteiger partial charge in [-0.1, -0.05) is 31.2 Å². The third-order valence-corrected chi connectivity index (χ3v) is 4.98. The first-order chi connectivity index (χ1) is 13.4. The molecule has 1 aromatic heterocycles. The number of hydrogen-bond donors (Lipinski definition) is 2. The van der Waals surface area contributed by atoms with Crippen molar-refractivity contribution in [2.45, 2.75) is 18.2 Å². The van der Waals surface area contributed by atoms with E-state index in [1.165, 1.54) is 12.3 Å². The number of para-hydroxylation sites is 1. The van der Waals surface area contributed by atoms with Crippen LogP contribution in [0.25, 0.3) is 0 Å². The smallest absolute Gasteiger partial charge is 0.261 e. The van der Waals surface area contributed by atoms with Crippen LogP contribution in [0.4, 0.5) is 5.69 Å². The molecular formula is C20H19N3O4S. The fourth-order valence-corrected chi connectivity index (χ4v) is 3.50. The summed E-state index contributed by atoms with van der Waals surface area (Å²) in [7, 11) is -3.91. The molecule has 8 heteroatoms. The average molecular weight is 397 g/mol. The van der Waals surface area contributed by atoms with Crippen LogP contribution in [0.2, 0.25) is 0 Å². The van der Waals surface area contributed by atoms with Crippen molar-refractivity contribution in [1.29, 1.82) is 0 Å². The Morgan fingerprint density at radius 2 is 1.86 bits per heavy atom. The molecule has 144 valence electrons. The second-order valence-electron chi connectivity index (χ2n) is 5.95. The van der Waals surface area contributed by atoms with Crippen LogP contribution in [0.3, 0.4) is 0 Å². The van der Waals surface area contributed by atoms with Crippen LogP contribution in [-0.4, -0.2) is 19.3 Å². The minimum atomic E-state index is -3.91. The standard InChI is InChI=1S/C20H19N3O4S/c1-2-14-10-11-15(13-18(14)28(21,25)26)23-19(24)17-9-6-12-22-20(17)27-16-7-4-3-5-8-16/h3-13H,2H2,1H3,(H,23,24)(H2,21,25,26). The van der Waals surface area contributed by atoms with Gasteiger partial charge < -0.3 is 10.1 Å². The minimum absolute atomic E-state index is 0.0141.